The molecule has 0 spiro atoms. The molecule has 4 heteroatoms. The number of benzene rings is 1. The van der Waals surface area contributed by atoms with Crippen LogP contribution in [0.1, 0.15) is 63.9 Å². The number of rotatable bonds is 9. The first-order valence-corrected chi connectivity index (χ1v) is 11.1. The number of nitrogens with one attached hydrogen (secondary N) is 2. The largest absolute Gasteiger partial charge is 0.481 e. The fraction of sp³-hybridized carbons (Fsp3) is 0.625. The van der Waals surface area contributed by atoms with Crippen LogP contribution in [-0.2, 0) is 4.79 Å². The molecule has 0 aliphatic heterocycles. The van der Waals surface area contributed by atoms with Gasteiger partial charge in [0.1, 0.15) is 0 Å². The van der Waals surface area contributed by atoms with Gasteiger partial charge in [0.15, 0.2) is 0 Å². The van der Waals surface area contributed by atoms with Crippen molar-refractivity contribution in [1.29, 1.82) is 0 Å². The third-order valence-corrected chi connectivity index (χ3v) is 7.04. The molecule has 152 valence electrons. The Morgan fingerprint density at radius 2 is 1.82 bits per heavy atom. The van der Waals surface area contributed by atoms with Crippen LogP contribution < -0.4 is 10.6 Å². The number of aliphatic carboxylic acids is 1. The zero-order chi connectivity index (χ0) is 19.6. The van der Waals surface area contributed by atoms with Gasteiger partial charge in [-0.1, -0.05) is 48.9 Å². The molecule has 28 heavy (non-hydrogen) atoms. The molecule has 3 saturated carbocycles. The zero-order valence-corrected chi connectivity index (χ0v) is 17.0. The molecule has 0 saturated heterocycles. The van der Waals surface area contributed by atoms with Crippen LogP contribution in [0.4, 0.5) is 0 Å². The molecule has 3 N–H and O–H groups in total. The molecule has 0 bridgehead atoms. The average molecular weight is 383 g/mol. The Morgan fingerprint density at radius 3 is 2.43 bits per heavy atom. The van der Waals surface area contributed by atoms with Crippen LogP contribution in [0.2, 0.25) is 0 Å². The minimum atomic E-state index is -0.620. The molecular formula is C24H34N2O2. The van der Waals surface area contributed by atoms with E-state index >= 15 is 0 Å². The fourth-order valence-corrected chi connectivity index (χ4v) is 4.75. The van der Waals surface area contributed by atoms with Gasteiger partial charge in [-0.15, -0.1) is 0 Å². The first-order chi connectivity index (χ1) is 13.6. The molecular weight excluding hydrogens is 348 g/mol. The van der Waals surface area contributed by atoms with Crippen LogP contribution >= 0.6 is 0 Å². The smallest absolute Gasteiger partial charge is 0.310 e. The SMILES string of the molecule is CC/C(=C\c1ccccc1)[C@@H]1C[C@H]1NC1CCC(NCC2(C(=O)O)CC2)CC1. The Morgan fingerprint density at radius 1 is 1.14 bits per heavy atom. The Balaban J connectivity index is 1.20. The summed E-state index contributed by atoms with van der Waals surface area (Å²) in [7, 11) is 0. The Hall–Kier alpha value is -1.65. The van der Waals surface area contributed by atoms with E-state index < -0.39 is 11.4 Å². The van der Waals surface area contributed by atoms with E-state index in [2.05, 4.69) is 54.0 Å². The standard InChI is InChI=1S/C24H34N2O2/c1-2-18(14-17-6-4-3-5-7-17)21-15-22(21)26-20-10-8-19(9-11-20)25-16-24(12-13-24)23(27)28/h3-7,14,19-22,25-26H,2,8-13,15-16H2,1H3,(H,27,28)/b18-14+/t19?,20?,21-,22+/m0/s1. The molecule has 0 unspecified atom stereocenters. The van der Waals surface area contributed by atoms with Crippen LogP contribution in [0.5, 0.6) is 0 Å². The van der Waals surface area contributed by atoms with E-state index in [1.165, 1.54) is 24.8 Å². The quantitative estimate of drug-likeness (QED) is 0.598. The summed E-state index contributed by atoms with van der Waals surface area (Å²) in [6.07, 6.45) is 11.2. The second-order valence-electron chi connectivity index (χ2n) is 9.11. The van der Waals surface area contributed by atoms with Crippen LogP contribution in [0, 0.1) is 11.3 Å². The average Bonchev–Trinajstić information content (AvgIpc) is 3.63. The van der Waals surface area contributed by atoms with Crippen molar-refractivity contribution < 1.29 is 9.90 Å². The topological polar surface area (TPSA) is 61.4 Å². The molecule has 0 heterocycles. The third kappa shape index (κ3) is 4.66. The Kier molecular flexibility index (Phi) is 5.88. The van der Waals surface area contributed by atoms with Crippen molar-refractivity contribution in [2.45, 2.75) is 76.4 Å². The lowest BCUT2D eigenvalue weighted by Crippen LogP contribution is -2.43. The summed E-state index contributed by atoms with van der Waals surface area (Å²) < 4.78 is 0. The summed E-state index contributed by atoms with van der Waals surface area (Å²) >= 11 is 0. The highest BCUT2D eigenvalue weighted by Crippen LogP contribution is 2.45. The number of hydrogen-bond donors (Lipinski definition) is 3. The molecule has 0 aromatic heterocycles. The highest BCUT2D eigenvalue weighted by molar-refractivity contribution is 5.78. The molecule has 2 atom stereocenters. The first kappa shape index (κ1) is 19.7. The first-order valence-electron chi connectivity index (χ1n) is 11.1. The molecule has 3 aliphatic rings. The van der Waals surface area contributed by atoms with E-state index in [1.807, 2.05) is 0 Å². The minimum absolute atomic E-state index is 0.446. The summed E-state index contributed by atoms with van der Waals surface area (Å²) in [6.45, 7) is 2.92. The predicted octanol–water partition coefficient (Wildman–Crippen LogP) is 4.22. The summed E-state index contributed by atoms with van der Waals surface area (Å²) in [4.78, 5) is 11.3. The van der Waals surface area contributed by atoms with Crippen molar-refractivity contribution in [3.05, 3.63) is 41.5 Å². The van der Waals surface area contributed by atoms with Gasteiger partial charge >= 0.3 is 5.97 Å². The second kappa shape index (κ2) is 8.38. The number of carboxylic acid groups (broad SMARTS) is 1. The summed E-state index contributed by atoms with van der Waals surface area (Å²) in [5.74, 6) is 0.0803. The Labute approximate surface area is 168 Å². The van der Waals surface area contributed by atoms with Crippen LogP contribution in [0.25, 0.3) is 6.08 Å². The maximum atomic E-state index is 11.3. The fourth-order valence-electron chi connectivity index (χ4n) is 4.75. The van der Waals surface area contributed by atoms with Gasteiger partial charge in [-0.2, -0.15) is 0 Å². The van der Waals surface area contributed by atoms with Crippen molar-refractivity contribution in [1.82, 2.24) is 10.6 Å². The normalized spacial score (nSPS) is 31.4. The van der Waals surface area contributed by atoms with E-state index in [9.17, 15) is 9.90 Å². The van der Waals surface area contributed by atoms with Crippen molar-refractivity contribution in [3.63, 3.8) is 0 Å². The van der Waals surface area contributed by atoms with E-state index in [-0.39, 0.29) is 0 Å². The van der Waals surface area contributed by atoms with E-state index in [0.29, 0.717) is 30.6 Å². The van der Waals surface area contributed by atoms with Gasteiger partial charge in [0, 0.05) is 24.7 Å². The summed E-state index contributed by atoms with van der Waals surface area (Å²) in [5.41, 5.74) is 2.44. The summed E-state index contributed by atoms with van der Waals surface area (Å²) in [5, 5.41) is 16.8. The molecule has 0 amide bonds. The van der Waals surface area contributed by atoms with E-state index in [4.69, 9.17) is 0 Å². The molecule has 4 nitrogen and oxygen atoms in total. The molecule has 1 aromatic carbocycles. The number of hydrogen-bond acceptors (Lipinski definition) is 3. The minimum Gasteiger partial charge on any atom is -0.481 e. The van der Waals surface area contributed by atoms with Gasteiger partial charge in [-0.05, 0) is 62.8 Å². The monoisotopic (exact) mass is 382 g/mol. The van der Waals surface area contributed by atoms with Crippen molar-refractivity contribution in [2.75, 3.05) is 6.54 Å². The highest BCUT2D eigenvalue weighted by Gasteiger charge is 2.50. The second-order valence-corrected chi connectivity index (χ2v) is 9.11. The van der Waals surface area contributed by atoms with Crippen molar-refractivity contribution >= 4 is 12.0 Å². The van der Waals surface area contributed by atoms with Crippen LogP contribution in [0.3, 0.4) is 0 Å². The predicted molar refractivity (Wildman–Crippen MR) is 113 cm³/mol. The van der Waals surface area contributed by atoms with Gasteiger partial charge in [0.25, 0.3) is 0 Å². The maximum absolute atomic E-state index is 11.3. The number of carboxylic acids is 1. The molecule has 4 rings (SSSR count). The van der Waals surface area contributed by atoms with Crippen LogP contribution in [0.15, 0.2) is 35.9 Å². The number of carbonyl (C=O) groups is 1. The Bertz CT molecular complexity index is 703. The van der Waals surface area contributed by atoms with Crippen molar-refractivity contribution in [2.24, 2.45) is 11.3 Å². The van der Waals surface area contributed by atoms with Crippen LogP contribution in [-0.4, -0.2) is 35.7 Å². The van der Waals surface area contributed by atoms with Gasteiger partial charge in [0.2, 0.25) is 0 Å². The van der Waals surface area contributed by atoms with Crippen molar-refractivity contribution in [3.8, 4) is 0 Å². The third-order valence-electron chi connectivity index (χ3n) is 7.04. The van der Waals surface area contributed by atoms with Gasteiger partial charge < -0.3 is 15.7 Å². The molecule has 1 aromatic rings. The lowest BCUT2D eigenvalue weighted by Gasteiger charge is -2.31. The zero-order valence-electron chi connectivity index (χ0n) is 17.0. The lowest BCUT2D eigenvalue weighted by atomic mass is 9.90. The maximum Gasteiger partial charge on any atom is 0.310 e. The van der Waals surface area contributed by atoms with E-state index in [1.54, 1.807) is 5.57 Å². The molecule has 3 fully saturated rings. The summed E-state index contributed by atoms with van der Waals surface area (Å²) in [6, 6.07) is 12.4. The lowest BCUT2D eigenvalue weighted by molar-refractivity contribution is -0.143. The van der Waals surface area contributed by atoms with Gasteiger partial charge in [-0.3, -0.25) is 4.79 Å². The van der Waals surface area contributed by atoms with E-state index in [0.717, 1.165) is 32.1 Å². The molecule has 3 aliphatic carbocycles. The van der Waals surface area contributed by atoms with Gasteiger partial charge in [0.05, 0.1) is 5.41 Å². The highest BCUT2D eigenvalue weighted by atomic mass is 16.4. The van der Waals surface area contributed by atoms with Gasteiger partial charge in [-0.25, -0.2) is 0 Å². The molecule has 0 radical (unpaired) electrons.